The van der Waals surface area contributed by atoms with E-state index in [1.165, 1.54) is 32.0 Å². The Labute approximate surface area is 124 Å². The van der Waals surface area contributed by atoms with E-state index in [2.05, 4.69) is 15.3 Å². The van der Waals surface area contributed by atoms with Gasteiger partial charge in [-0.15, -0.1) is 0 Å². The highest BCUT2D eigenvalue weighted by molar-refractivity contribution is 5.96. The Morgan fingerprint density at radius 3 is 2.90 bits per heavy atom. The Kier molecular flexibility index (Phi) is 3.99. The molecule has 1 saturated carbocycles. The van der Waals surface area contributed by atoms with Crippen molar-refractivity contribution in [3.8, 4) is 0 Å². The molecule has 1 aromatic carbocycles. The summed E-state index contributed by atoms with van der Waals surface area (Å²) in [6.45, 7) is 0. The summed E-state index contributed by atoms with van der Waals surface area (Å²) < 4.78 is 0. The fourth-order valence-corrected chi connectivity index (χ4v) is 3.01. The van der Waals surface area contributed by atoms with E-state index in [0.29, 0.717) is 12.2 Å². The lowest BCUT2D eigenvalue weighted by Gasteiger charge is -2.10. The van der Waals surface area contributed by atoms with Crippen molar-refractivity contribution in [3.05, 3.63) is 24.5 Å². The number of hydrogen-bond acceptors (Lipinski definition) is 4. The molecule has 0 spiro atoms. The fraction of sp³-hybridized carbons (Fsp3) is 0.438. The zero-order valence-electron chi connectivity index (χ0n) is 12.0. The number of benzene rings is 1. The molecule has 1 amide bonds. The Bertz CT molecular complexity index is 650. The van der Waals surface area contributed by atoms with Crippen molar-refractivity contribution in [1.29, 1.82) is 0 Å². The average molecular weight is 284 g/mol. The van der Waals surface area contributed by atoms with Crippen LogP contribution in [0, 0.1) is 5.92 Å². The monoisotopic (exact) mass is 284 g/mol. The van der Waals surface area contributed by atoms with Crippen LogP contribution in [-0.2, 0) is 4.79 Å². The largest absolute Gasteiger partial charge is 0.383 e. The van der Waals surface area contributed by atoms with Gasteiger partial charge in [0.1, 0.15) is 12.1 Å². The highest BCUT2D eigenvalue weighted by Gasteiger charge is 2.16. The van der Waals surface area contributed by atoms with Crippen molar-refractivity contribution in [1.82, 2.24) is 9.97 Å². The second-order valence-corrected chi connectivity index (χ2v) is 5.73. The van der Waals surface area contributed by atoms with Crippen LogP contribution in [-0.4, -0.2) is 15.9 Å². The van der Waals surface area contributed by atoms with E-state index in [9.17, 15) is 4.79 Å². The summed E-state index contributed by atoms with van der Waals surface area (Å²) in [5.74, 6) is 1.23. The van der Waals surface area contributed by atoms with Gasteiger partial charge in [-0.1, -0.05) is 25.7 Å². The number of fused-ring (bicyclic) bond motifs is 1. The minimum atomic E-state index is 0.0664. The SMILES string of the molecule is Nc1ncnc2ccc(NC(=O)CCC3CCCC3)cc12. The first kappa shape index (κ1) is 13.8. The molecule has 110 valence electrons. The summed E-state index contributed by atoms with van der Waals surface area (Å²) in [6, 6.07) is 5.53. The van der Waals surface area contributed by atoms with Crippen molar-refractivity contribution >= 4 is 28.3 Å². The molecule has 0 atom stereocenters. The van der Waals surface area contributed by atoms with Crippen molar-refractivity contribution in [2.24, 2.45) is 5.92 Å². The van der Waals surface area contributed by atoms with E-state index in [4.69, 9.17) is 5.73 Å². The average Bonchev–Trinajstić information content (AvgIpc) is 2.99. The summed E-state index contributed by atoms with van der Waals surface area (Å²) >= 11 is 0. The number of nitrogens with one attached hydrogen (secondary N) is 1. The van der Waals surface area contributed by atoms with Gasteiger partial charge >= 0.3 is 0 Å². The van der Waals surface area contributed by atoms with Crippen LogP contribution < -0.4 is 11.1 Å². The standard InChI is InChI=1S/C16H20N4O/c17-16-13-9-12(6-7-14(13)18-10-19-16)20-15(21)8-5-11-3-1-2-4-11/h6-7,9-11H,1-5,8H2,(H,20,21)(H2,17,18,19). The van der Waals surface area contributed by atoms with Crippen LogP contribution in [0.25, 0.3) is 10.9 Å². The molecule has 0 radical (unpaired) electrons. The summed E-state index contributed by atoms with van der Waals surface area (Å²) in [5.41, 5.74) is 7.37. The van der Waals surface area contributed by atoms with E-state index >= 15 is 0 Å². The highest BCUT2D eigenvalue weighted by atomic mass is 16.1. The van der Waals surface area contributed by atoms with Crippen LogP contribution in [0.15, 0.2) is 24.5 Å². The molecule has 0 unspecified atom stereocenters. The molecule has 5 heteroatoms. The molecule has 1 aromatic heterocycles. The topological polar surface area (TPSA) is 80.9 Å². The minimum Gasteiger partial charge on any atom is -0.383 e. The van der Waals surface area contributed by atoms with Gasteiger partial charge in [0.25, 0.3) is 0 Å². The van der Waals surface area contributed by atoms with Crippen LogP contribution in [0.2, 0.25) is 0 Å². The summed E-state index contributed by atoms with van der Waals surface area (Å²) in [6.07, 6.45) is 8.20. The molecular weight excluding hydrogens is 264 g/mol. The number of carbonyl (C=O) groups excluding carboxylic acids is 1. The zero-order chi connectivity index (χ0) is 14.7. The first-order chi connectivity index (χ1) is 10.2. The molecule has 1 aliphatic carbocycles. The number of rotatable bonds is 4. The molecule has 3 N–H and O–H groups in total. The van der Waals surface area contributed by atoms with Crippen molar-refractivity contribution in [2.75, 3.05) is 11.1 Å². The van der Waals surface area contributed by atoms with Crippen molar-refractivity contribution < 1.29 is 4.79 Å². The second-order valence-electron chi connectivity index (χ2n) is 5.73. The number of anilines is 2. The maximum Gasteiger partial charge on any atom is 0.224 e. The van der Waals surface area contributed by atoms with Gasteiger partial charge in [0.15, 0.2) is 0 Å². The molecular formula is C16H20N4O. The molecule has 0 bridgehead atoms. The number of hydrogen-bond donors (Lipinski definition) is 2. The lowest BCUT2D eigenvalue weighted by atomic mass is 10.0. The predicted octanol–water partition coefficient (Wildman–Crippen LogP) is 3.12. The summed E-state index contributed by atoms with van der Waals surface area (Å²) in [5, 5.41) is 3.70. The van der Waals surface area contributed by atoms with Crippen molar-refractivity contribution in [2.45, 2.75) is 38.5 Å². The smallest absolute Gasteiger partial charge is 0.224 e. The normalized spacial score (nSPS) is 15.4. The van der Waals surface area contributed by atoms with Crippen LogP contribution in [0.5, 0.6) is 0 Å². The molecule has 0 aliphatic heterocycles. The Morgan fingerprint density at radius 2 is 2.10 bits per heavy atom. The first-order valence-corrected chi connectivity index (χ1v) is 7.52. The van der Waals surface area contributed by atoms with Crippen LogP contribution in [0.4, 0.5) is 11.5 Å². The summed E-state index contributed by atoms with van der Waals surface area (Å²) in [7, 11) is 0. The molecule has 1 heterocycles. The van der Waals surface area contributed by atoms with Gasteiger partial charge in [-0.3, -0.25) is 4.79 Å². The molecule has 3 rings (SSSR count). The minimum absolute atomic E-state index is 0.0664. The van der Waals surface area contributed by atoms with Gasteiger partial charge in [-0.2, -0.15) is 0 Å². The van der Waals surface area contributed by atoms with Crippen LogP contribution in [0.1, 0.15) is 38.5 Å². The van der Waals surface area contributed by atoms with Gasteiger partial charge in [0.2, 0.25) is 5.91 Å². The number of carbonyl (C=O) groups is 1. The lowest BCUT2D eigenvalue weighted by Crippen LogP contribution is -2.12. The number of nitrogen functional groups attached to an aromatic ring is 1. The number of nitrogens with zero attached hydrogens (tertiary/aromatic N) is 2. The summed E-state index contributed by atoms with van der Waals surface area (Å²) in [4.78, 5) is 20.1. The highest BCUT2D eigenvalue weighted by Crippen LogP contribution is 2.28. The van der Waals surface area contributed by atoms with Gasteiger partial charge in [0, 0.05) is 17.5 Å². The third kappa shape index (κ3) is 3.29. The van der Waals surface area contributed by atoms with Gasteiger partial charge < -0.3 is 11.1 Å². The van der Waals surface area contributed by atoms with E-state index in [1.807, 2.05) is 18.2 Å². The van der Waals surface area contributed by atoms with E-state index < -0.39 is 0 Å². The third-order valence-corrected chi connectivity index (χ3v) is 4.20. The van der Waals surface area contributed by atoms with Gasteiger partial charge in [-0.25, -0.2) is 9.97 Å². The molecule has 1 aliphatic rings. The Balaban J connectivity index is 1.64. The maximum atomic E-state index is 12.0. The molecule has 21 heavy (non-hydrogen) atoms. The van der Waals surface area contributed by atoms with Crippen molar-refractivity contribution in [3.63, 3.8) is 0 Å². The third-order valence-electron chi connectivity index (χ3n) is 4.20. The molecule has 2 aromatic rings. The Hall–Kier alpha value is -2.17. The van der Waals surface area contributed by atoms with E-state index in [0.717, 1.165) is 28.9 Å². The van der Waals surface area contributed by atoms with Gasteiger partial charge in [0.05, 0.1) is 5.52 Å². The zero-order valence-corrected chi connectivity index (χ0v) is 12.0. The molecule has 5 nitrogen and oxygen atoms in total. The maximum absolute atomic E-state index is 12.0. The second kappa shape index (κ2) is 6.08. The quantitative estimate of drug-likeness (QED) is 0.903. The number of nitrogens with two attached hydrogens (primary N) is 1. The van der Waals surface area contributed by atoms with E-state index in [-0.39, 0.29) is 5.91 Å². The molecule has 1 fully saturated rings. The Morgan fingerprint density at radius 1 is 1.29 bits per heavy atom. The van der Waals surface area contributed by atoms with Crippen LogP contribution >= 0.6 is 0 Å². The van der Waals surface area contributed by atoms with Gasteiger partial charge in [-0.05, 0) is 30.5 Å². The molecule has 0 saturated heterocycles. The fourth-order valence-electron chi connectivity index (χ4n) is 3.01. The first-order valence-electron chi connectivity index (χ1n) is 7.52. The lowest BCUT2D eigenvalue weighted by molar-refractivity contribution is -0.116. The van der Waals surface area contributed by atoms with E-state index in [1.54, 1.807) is 0 Å². The number of amides is 1. The number of aromatic nitrogens is 2. The predicted molar refractivity (Wildman–Crippen MR) is 83.8 cm³/mol. The van der Waals surface area contributed by atoms with Crippen LogP contribution in [0.3, 0.4) is 0 Å².